The molecule has 1 saturated heterocycles. The summed E-state index contributed by atoms with van der Waals surface area (Å²) in [7, 11) is 0. The van der Waals surface area contributed by atoms with E-state index in [1.54, 1.807) is 0 Å². The molecular formula is C12H19N3OS. The molecule has 1 aliphatic rings. The van der Waals surface area contributed by atoms with Crippen LogP contribution < -0.4 is 5.73 Å². The standard InChI is InChI=1S/C12H19N3OS/c1-9-3-2-6-15(7-9)11(16)5-4-10-8-17-12(13)14-10/h8-9H,2-7H2,1H3,(H2,13,14). The van der Waals surface area contributed by atoms with Gasteiger partial charge in [-0.2, -0.15) is 0 Å². The first-order chi connectivity index (χ1) is 8.15. The summed E-state index contributed by atoms with van der Waals surface area (Å²) >= 11 is 1.43. The highest BCUT2D eigenvalue weighted by Gasteiger charge is 2.20. The van der Waals surface area contributed by atoms with Crippen molar-refractivity contribution in [2.75, 3.05) is 18.8 Å². The largest absolute Gasteiger partial charge is 0.375 e. The lowest BCUT2D eigenvalue weighted by atomic mass is 10.00. The number of nitrogens with two attached hydrogens (primary N) is 1. The van der Waals surface area contributed by atoms with E-state index in [9.17, 15) is 4.79 Å². The van der Waals surface area contributed by atoms with Gasteiger partial charge in [0.05, 0.1) is 5.69 Å². The number of rotatable bonds is 3. The van der Waals surface area contributed by atoms with E-state index >= 15 is 0 Å². The number of aromatic nitrogens is 1. The van der Waals surface area contributed by atoms with Crippen molar-refractivity contribution < 1.29 is 4.79 Å². The van der Waals surface area contributed by atoms with Gasteiger partial charge >= 0.3 is 0 Å². The van der Waals surface area contributed by atoms with Gasteiger partial charge in [-0.25, -0.2) is 4.98 Å². The number of aryl methyl sites for hydroxylation is 1. The molecule has 1 fully saturated rings. The zero-order chi connectivity index (χ0) is 12.3. The van der Waals surface area contributed by atoms with Crippen LogP contribution in [0.5, 0.6) is 0 Å². The highest BCUT2D eigenvalue weighted by Crippen LogP contribution is 2.17. The molecule has 1 amide bonds. The number of nitrogen functional groups attached to an aromatic ring is 1. The molecule has 0 aliphatic carbocycles. The van der Waals surface area contributed by atoms with E-state index in [1.165, 1.54) is 17.8 Å². The fraction of sp³-hybridized carbons (Fsp3) is 0.667. The molecule has 1 unspecified atom stereocenters. The molecule has 0 aromatic carbocycles. The molecule has 2 N–H and O–H groups in total. The summed E-state index contributed by atoms with van der Waals surface area (Å²) in [6.07, 6.45) is 3.64. The third-order valence-corrected chi connectivity index (χ3v) is 3.90. The third-order valence-electron chi connectivity index (χ3n) is 3.17. The molecule has 1 aromatic rings. The lowest BCUT2D eigenvalue weighted by Gasteiger charge is -2.30. The van der Waals surface area contributed by atoms with Gasteiger partial charge in [0, 0.05) is 24.9 Å². The van der Waals surface area contributed by atoms with Gasteiger partial charge in [0.1, 0.15) is 0 Å². The van der Waals surface area contributed by atoms with Gasteiger partial charge in [0.25, 0.3) is 0 Å². The van der Waals surface area contributed by atoms with Crippen LogP contribution in [0.1, 0.15) is 31.9 Å². The summed E-state index contributed by atoms with van der Waals surface area (Å²) in [5.41, 5.74) is 6.49. The average molecular weight is 253 g/mol. The number of amides is 1. The van der Waals surface area contributed by atoms with E-state index in [1.807, 2.05) is 10.3 Å². The number of hydrogen-bond acceptors (Lipinski definition) is 4. The van der Waals surface area contributed by atoms with Crippen molar-refractivity contribution >= 4 is 22.4 Å². The number of anilines is 1. The number of nitrogens with zero attached hydrogens (tertiary/aromatic N) is 2. The number of piperidine rings is 1. The molecule has 0 spiro atoms. The van der Waals surface area contributed by atoms with Crippen molar-refractivity contribution in [3.05, 3.63) is 11.1 Å². The first-order valence-electron chi connectivity index (χ1n) is 6.13. The SMILES string of the molecule is CC1CCCN(C(=O)CCc2csc(N)n2)C1. The Hall–Kier alpha value is -1.10. The number of thiazole rings is 1. The van der Waals surface area contributed by atoms with Gasteiger partial charge < -0.3 is 10.6 Å². The normalized spacial score (nSPS) is 20.5. The maximum absolute atomic E-state index is 12.0. The fourth-order valence-electron chi connectivity index (χ4n) is 2.25. The maximum Gasteiger partial charge on any atom is 0.222 e. The Labute approximate surface area is 106 Å². The molecule has 4 nitrogen and oxygen atoms in total. The van der Waals surface area contributed by atoms with Crippen LogP contribution in [0.4, 0.5) is 5.13 Å². The summed E-state index contributed by atoms with van der Waals surface area (Å²) in [4.78, 5) is 18.2. The molecule has 17 heavy (non-hydrogen) atoms. The van der Waals surface area contributed by atoms with Crippen LogP contribution in [0.3, 0.4) is 0 Å². The first kappa shape index (κ1) is 12.4. The van der Waals surface area contributed by atoms with Gasteiger partial charge in [-0.15, -0.1) is 11.3 Å². The number of carbonyl (C=O) groups is 1. The Morgan fingerprint density at radius 3 is 3.18 bits per heavy atom. The molecule has 0 saturated carbocycles. The van der Waals surface area contributed by atoms with Crippen molar-refractivity contribution in [3.8, 4) is 0 Å². The van der Waals surface area contributed by atoms with Crippen molar-refractivity contribution in [3.63, 3.8) is 0 Å². The number of likely N-dealkylation sites (tertiary alicyclic amines) is 1. The average Bonchev–Trinajstić information content (AvgIpc) is 2.72. The Bertz CT molecular complexity index is 391. The van der Waals surface area contributed by atoms with Crippen molar-refractivity contribution in [2.24, 2.45) is 5.92 Å². The maximum atomic E-state index is 12.0. The molecule has 2 rings (SSSR count). The quantitative estimate of drug-likeness (QED) is 0.895. The molecule has 0 bridgehead atoms. The Balaban J connectivity index is 1.80. The highest BCUT2D eigenvalue weighted by molar-refractivity contribution is 7.13. The van der Waals surface area contributed by atoms with Gasteiger partial charge in [-0.3, -0.25) is 4.79 Å². The topological polar surface area (TPSA) is 59.2 Å². The summed E-state index contributed by atoms with van der Waals surface area (Å²) in [6.45, 7) is 4.04. The van der Waals surface area contributed by atoms with Gasteiger partial charge in [0.15, 0.2) is 5.13 Å². The van der Waals surface area contributed by atoms with Crippen molar-refractivity contribution in [2.45, 2.75) is 32.6 Å². The van der Waals surface area contributed by atoms with E-state index in [4.69, 9.17) is 5.73 Å². The van der Waals surface area contributed by atoms with Crippen LogP contribution in [0, 0.1) is 5.92 Å². The lowest BCUT2D eigenvalue weighted by Crippen LogP contribution is -2.39. The molecule has 1 aromatic heterocycles. The van der Waals surface area contributed by atoms with Crippen LogP contribution >= 0.6 is 11.3 Å². The molecule has 1 atom stereocenters. The predicted molar refractivity (Wildman–Crippen MR) is 69.8 cm³/mol. The number of carbonyl (C=O) groups excluding carboxylic acids is 1. The van der Waals surface area contributed by atoms with Crippen LogP contribution in [-0.4, -0.2) is 28.9 Å². The van der Waals surface area contributed by atoms with E-state index in [0.29, 0.717) is 23.9 Å². The Kier molecular flexibility index (Phi) is 3.99. The minimum Gasteiger partial charge on any atom is -0.375 e. The minimum absolute atomic E-state index is 0.253. The van der Waals surface area contributed by atoms with Crippen LogP contribution in [0.2, 0.25) is 0 Å². The molecular weight excluding hydrogens is 234 g/mol. The fourth-order valence-corrected chi connectivity index (χ4v) is 2.84. The molecule has 2 heterocycles. The highest BCUT2D eigenvalue weighted by atomic mass is 32.1. The molecule has 1 aliphatic heterocycles. The molecule has 0 radical (unpaired) electrons. The zero-order valence-electron chi connectivity index (χ0n) is 10.2. The van der Waals surface area contributed by atoms with Gasteiger partial charge in [0.2, 0.25) is 5.91 Å². The Morgan fingerprint density at radius 2 is 2.53 bits per heavy atom. The predicted octanol–water partition coefficient (Wildman–Crippen LogP) is 1.92. The third kappa shape index (κ3) is 3.43. The van der Waals surface area contributed by atoms with Crippen LogP contribution in [0.15, 0.2) is 5.38 Å². The first-order valence-corrected chi connectivity index (χ1v) is 7.01. The van der Waals surface area contributed by atoms with E-state index in [0.717, 1.165) is 25.2 Å². The zero-order valence-corrected chi connectivity index (χ0v) is 11.0. The van der Waals surface area contributed by atoms with Gasteiger partial charge in [-0.05, 0) is 25.2 Å². The second-order valence-corrected chi connectivity index (χ2v) is 5.65. The lowest BCUT2D eigenvalue weighted by molar-refractivity contribution is -0.132. The summed E-state index contributed by atoms with van der Waals surface area (Å²) in [6, 6.07) is 0. The smallest absolute Gasteiger partial charge is 0.222 e. The Morgan fingerprint density at radius 1 is 1.71 bits per heavy atom. The second-order valence-electron chi connectivity index (χ2n) is 4.76. The van der Waals surface area contributed by atoms with Crippen LogP contribution in [0.25, 0.3) is 0 Å². The summed E-state index contributed by atoms with van der Waals surface area (Å²) in [5, 5.41) is 2.51. The molecule has 5 heteroatoms. The monoisotopic (exact) mass is 253 g/mol. The second kappa shape index (κ2) is 5.49. The van der Waals surface area contributed by atoms with Crippen molar-refractivity contribution in [1.82, 2.24) is 9.88 Å². The molecule has 94 valence electrons. The minimum atomic E-state index is 0.253. The number of hydrogen-bond donors (Lipinski definition) is 1. The van der Waals surface area contributed by atoms with Crippen molar-refractivity contribution in [1.29, 1.82) is 0 Å². The van der Waals surface area contributed by atoms with E-state index < -0.39 is 0 Å². The summed E-state index contributed by atoms with van der Waals surface area (Å²) in [5.74, 6) is 0.894. The van der Waals surface area contributed by atoms with Crippen LogP contribution in [-0.2, 0) is 11.2 Å². The van der Waals surface area contributed by atoms with Gasteiger partial charge in [-0.1, -0.05) is 6.92 Å². The van der Waals surface area contributed by atoms with E-state index in [2.05, 4.69) is 11.9 Å². The van der Waals surface area contributed by atoms with E-state index in [-0.39, 0.29) is 5.91 Å². The summed E-state index contributed by atoms with van der Waals surface area (Å²) < 4.78 is 0.